The van der Waals surface area contributed by atoms with Crippen LogP contribution in [0, 0.1) is 6.92 Å². The molecule has 4 aromatic carbocycles. The SMILES string of the molecule is Cc1c(C(=O)O)oc2ccc(SN(CCc3ccccc3)Cc3ccc(-c4ccccc4C(=O)OC(C)(C)C)cc3)cc12. The van der Waals surface area contributed by atoms with E-state index in [9.17, 15) is 14.7 Å². The van der Waals surface area contributed by atoms with Crippen molar-refractivity contribution in [2.24, 2.45) is 0 Å². The molecule has 0 atom stereocenters. The summed E-state index contributed by atoms with van der Waals surface area (Å²) in [5.41, 5.74) is 5.34. The van der Waals surface area contributed by atoms with E-state index in [-0.39, 0.29) is 11.7 Å². The van der Waals surface area contributed by atoms with Crippen molar-refractivity contribution in [3.05, 3.63) is 125 Å². The largest absolute Gasteiger partial charge is 0.475 e. The Morgan fingerprint density at radius 2 is 1.58 bits per heavy atom. The molecular formula is C36H35NO5S. The summed E-state index contributed by atoms with van der Waals surface area (Å²) in [6, 6.07) is 32.0. The van der Waals surface area contributed by atoms with Crippen LogP contribution in [0.3, 0.4) is 0 Å². The Balaban J connectivity index is 1.38. The molecule has 7 heteroatoms. The molecule has 220 valence electrons. The second-order valence-electron chi connectivity index (χ2n) is 11.5. The lowest BCUT2D eigenvalue weighted by atomic mass is 9.98. The predicted octanol–water partition coefficient (Wildman–Crippen LogP) is 8.81. The van der Waals surface area contributed by atoms with E-state index < -0.39 is 11.6 Å². The molecule has 0 aliphatic carbocycles. The Hall–Kier alpha value is -4.33. The average molecular weight is 594 g/mol. The number of carboxylic acids is 1. The zero-order chi connectivity index (χ0) is 30.6. The van der Waals surface area contributed by atoms with Gasteiger partial charge in [0.1, 0.15) is 11.2 Å². The minimum atomic E-state index is -1.07. The van der Waals surface area contributed by atoms with Gasteiger partial charge in [-0.15, -0.1) is 0 Å². The molecule has 1 aromatic heterocycles. The Labute approximate surface area is 256 Å². The van der Waals surface area contributed by atoms with Crippen molar-refractivity contribution in [2.45, 2.75) is 51.2 Å². The molecular weight excluding hydrogens is 558 g/mol. The van der Waals surface area contributed by atoms with Crippen LogP contribution in [0.5, 0.6) is 0 Å². The van der Waals surface area contributed by atoms with Crippen molar-refractivity contribution in [2.75, 3.05) is 6.54 Å². The lowest BCUT2D eigenvalue weighted by molar-refractivity contribution is 0.00702. The van der Waals surface area contributed by atoms with Crippen LogP contribution in [0.15, 0.2) is 106 Å². The quantitative estimate of drug-likeness (QED) is 0.128. The molecule has 0 aliphatic rings. The molecule has 0 bridgehead atoms. The molecule has 0 fully saturated rings. The molecule has 0 radical (unpaired) electrons. The third-order valence-electron chi connectivity index (χ3n) is 7.00. The fraction of sp³-hybridized carbons (Fsp3) is 0.222. The van der Waals surface area contributed by atoms with Gasteiger partial charge in [0.05, 0.1) is 5.56 Å². The summed E-state index contributed by atoms with van der Waals surface area (Å²) in [5.74, 6) is -1.42. The van der Waals surface area contributed by atoms with Crippen LogP contribution >= 0.6 is 11.9 Å². The fourth-order valence-electron chi connectivity index (χ4n) is 4.90. The number of aryl methyl sites for hydroxylation is 1. The summed E-state index contributed by atoms with van der Waals surface area (Å²) in [6.07, 6.45) is 0.880. The van der Waals surface area contributed by atoms with E-state index in [0.717, 1.165) is 39.9 Å². The van der Waals surface area contributed by atoms with Crippen LogP contribution in [0.2, 0.25) is 0 Å². The van der Waals surface area contributed by atoms with Crippen molar-refractivity contribution < 1.29 is 23.8 Å². The summed E-state index contributed by atoms with van der Waals surface area (Å²) in [6.45, 7) is 8.87. The first-order chi connectivity index (χ1) is 20.6. The van der Waals surface area contributed by atoms with Crippen LogP contribution in [0.25, 0.3) is 22.1 Å². The molecule has 0 spiro atoms. The molecule has 5 rings (SSSR count). The van der Waals surface area contributed by atoms with Gasteiger partial charge >= 0.3 is 11.9 Å². The normalized spacial score (nSPS) is 11.7. The van der Waals surface area contributed by atoms with Crippen LogP contribution < -0.4 is 0 Å². The minimum absolute atomic E-state index is 0.0218. The number of hydrogen-bond donors (Lipinski definition) is 1. The summed E-state index contributed by atoms with van der Waals surface area (Å²) in [7, 11) is 0. The van der Waals surface area contributed by atoms with Gasteiger partial charge < -0.3 is 14.3 Å². The predicted molar refractivity (Wildman–Crippen MR) is 171 cm³/mol. The van der Waals surface area contributed by atoms with E-state index in [2.05, 4.69) is 40.7 Å². The van der Waals surface area contributed by atoms with Crippen molar-refractivity contribution in [3.8, 4) is 11.1 Å². The van der Waals surface area contributed by atoms with Crippen molar-refractivity contribution >= 4 is 34.9 Å². The molecule has 1 N–H and O–H groups in total. The highest BCUT2D eigenvalue weighted by Gasteiger charge is 2.21. The number of carbonyl (C=O) groups excluding carboxylic acids is 1. The first kappa shape index (κ1) is 30.1. The molecule has 43 heavy (non-hydrogen) atoms. The lowest BCUT2D eigenvalue weighted by Crippen LogP contribution is -2.24. The van der Waals surface area contributed by atoms with E-state index in [0.29, 0.717) is 23.3 Å². The molecule has 5 aromatic rings. The number of nitrogens with zero attached hydrogens (tertiary/aromatic N) is 1. The average Bonchev–Trinajstić information content (AvgIpc) is 3.32. The van der Waals surface area contributed by atoms with E-state index in [4.69, 9.17) is 9.15 Å². The Morgan fingerprint density at radius 1 is 0.884 bits per heavy atom. The van der Waals surface area contributed by atoms with Gasteiger partial charge in [-0.1, -0.05) is 72.8 Å². The first-order valence-corrected chi connectivity index (χ1v) is 15.0. The Morgan fingerprint density at radius 3 is 2.28 bits per heavy atom. The molecule has 6 nitrogen and oxygen atoms in total. The van der Waals surface area contributed by atoms with E-state index >= 15 is 0 Å². The van der Waals surface area contributed by atoms with Gasteiger partial charge in [0.2, 0.25) is 5.76 Å². The van der Waals surface area contributed by atoms with Gasteiger partial charge in [-0.3, -0.25) is 0 Å². The summed E-state index contributed by atoms with van der Waals surface area (Å²) in [5, 5.41) is 10.3. The number of aromatic carboxylic acids is 1. The van der Waals surface area contributed by atoms with Gasteiger partial charge in [0.15, 0.2) is 0 Å². The number of esters is 1. The molecule has 0 unspecified atom stereocenters. The number of hydrogen-bond acceptors (Lipinski definition) is 6. The summed E-state index contributed by atoms with van der Waals surface area (Å²) in [4.78, 5) is 25.5. The number of furan rings is 1. The molecule has 0 aliphatic heterocycles. The topological polar surface area (TPSA) is 80.0 Å². The number of benzene rings is 4. The molecule has 0 saturated heterocycles. The van der Waals surface area contributed by atoms with Gasteiger partial charge in [-0.05, 0) is 92.6 Å². The first-order valence-electron chi connectivity index (χ1n) is 14.2. The maximum atomic E-state index is 12.9. The van der Waals surface area contributed by atoms with E-state index in [1.165, 1.54) is 5.56 Å². The van der Waals surface area contributed by atoms with Crippen LogP contribution in [-0.4, -0.2) is 33.5 Å². The third kappa shape index (κ3) is 7.55. The second-order valence-corrected chi connectivity index (χ2v) is 12.6. The highest BCUT2D eigenvalue weighted by molar-refractivity contribution is 7.97. The Kier molecular flexibility index (Phi) is 9.04. The highest BCUT2D eigenvalue weighted by Crippen LogP contribution is 2.33. The van der Waals surface area contributed by atoms with Crippen molar-refractivity contribution in [1.82, 2.24) is 4.31 Å². The number of carboxylic acid groups (broad SMARTS) is 1. The van der Waals surface area contributed by atoms with Gasteiger partial charge in [-0.25, -0.2) is 13.9 Å². The smallest absolute Gasteiger partial charge is 0.372 e. The van der Waals surface area contributed by atoms with E-state index in [1.807, 2.05) is 75.4 Å². The fourth-order valence-corrected chi connectivity index (χ4v) is 5.90. The summed E-state index contributed by atoms with van der Waals surface area (Å²) < 4.78 is 13.5. The summed E-state index contributed by atoms with van der Waals surface area (Å²) >= 11 is 1.64. The van der Waals surface area contributed by atoms with E-state index in [1.54, 1.807) is 24.9 Å². The van der Waals surface area contributed by atoms with Crippen LogP contribution in [0.4, 0.5) is 0 Å². The van der Waals surface area contributed by atoms with Crippen LogP contribution in [-0.2, 0) is 17.7 Å². The van der Waals surface area contributed by atoms with Gasteiger partial charge in [-0.2, -0.15) is 0 Å². The van der Waals surface area contributed by atoms with Crippen LogP contribution in [0.1, 0.15) is 58.4 Å². The minimum Gasteiger partial charge on any atom is -0.475 e. The standard InChI is InChI=1S/C36H35NO5S/c1-24-31-22-28(18-19-32(31)41-33(24)34(38)39)43-37(21-20-25-10-6-5-7-11-25)23-26-14-16-27(17-15-26)29-12-8-9-13-30(29)35(40)42-36(2,3)4/h5-19,22H,20-21,23H2,1-4H3,(H,38,39). The van der Waals surface area contributed by atoms with Gasteiger partial charge in [0, 0.05) is 28.9 Å². The number of ether oxygens (including phenoxy) is 1. The molecule has 0 amide bonds. The van der Waals surface area contributed by atoms with Gasteiger partial charge in [0.25, 0.3) is 0 Å². The second kappa shape index (κ2) is 12.9. The maximum Gasteiger partial charge on any atom is 0.372 e. The highest BCUT2D eigenvalue weighted by atomic mass is 32.2. The number of fused-ring (bicyclic) bond motifs is 1. The number of carbonyl (C=O) groups is 2. The van der Waals surface area contributed by atoms with Crippen molar-refractivity contribution in [3.63, 3.8) is 0 Å². The Bertz CT molecular complexity index is 1740. The monoisotopic (exact) mass is 593 g/mol. The zero-order valence-corrected chi connectivity index (χ0v) is 25.6. The molecule has 1 heterocycles. The zero-order valence-electron chi connectivity index (χ0n) is 24.8. The third-order valence-corrected chi connectivity index (χ3v) is 8.03. The number of rotatable bonds is 10. The lowest BCUT2D eigenvalue weighted by Gasteiger charge is -2.22. The van der Waals surface area contributed by atoms with Crippen molar-refractivity contribution in [1.29, 1.82) is 0 Å². The molecule has 0 saturated carbocycles. The maximum absolute atomic E-state index is 12.9.